The van der Waals surface area contributed by atoms with Gasteiger partial charge in [0.2, 0.25) is 5.28 Å². The summed E-state index contributed by atoms with van der Waals surface area (Å²) in [6.45, 7) is -2.31. The summed E-state index contributed by atoms with van der Waals surface area (Å²) < 4.78 is 28.7. The zero-order chi connectivity index (χ0) is 17.3. The number of imidazole rings is 1. The molecule has 0 bridgehead atoms. The topological polar surface area (TPSA) is 66.9 Å². The number of benzene rings is 1. The molecule has 0 atom stereocenters. The number of H-pyrrole nitrogens is 1. The van der Waals surface area contributed by atoms with Crippen molar-refractivity contribution < 1.29 is 8.85 Å². The quantitative estimate of drug-likeness (QED) is 0.751. The maximum absolute atomic E-state index is 7.85. The lowest BCUT2D eigenvalue weighted by molar-refractivity contribution is 0.414. The van der Waals surface area contributed by atoms with Gasteiger partial charge < -0.3 is 14.6 Å². The zero-order valence-corrected chi connectivity index (χ0v) is 11.9. The molecule has 7 heteroatoms. The van der Waals surface area contributed by atoms with E-state index >= 15 is 0 Å². The van der Waals surface area contributed by atoms with Crippen LogP contribution in [0.4, 0.5) is 5.82 Å². The van der Waals surface area contributed by atoms with E-state index in [9.17, 15) is 0 Å². The molecule has 1 N–H and O–H groups in total. The number of anilines is 1. The number of methoxy groups -OCH3 is 1. The van der Waals surface area contributed by atoms with E-state index in [1.165, 1.54) is 11.2 Å². The van der Waals surface area contributed by atoms with E-state index in [1.807, 2.05) is 0 Å². The molecule has 0 aliphatic carbocycles. The van der Waals surface area contributed by atoms with Crippen molar-refractivity contribution in [3.05, 3.63) is 41.4 Å². The first-order valence-corrected chi connectivity index (χ1v) is 6.53. The van der Waals surface area contributed by atoms with Gasteiger partial charge >= 0.3 is 0 Å². The average molecular weight is 307 g/mol. The monoisotopic (exact) mass is 306 g/mol. The normalized spacial score (nSPS) is 13.5. The maximum Gasteiger partial charge on any atom is 0.226 e. The number of fused-ring (bicyclic) bond motifs is 1. The lowest BCUT2D eigenvalue weighted by Crippen LogP contribution is -2.18. The standard InChI is InChI=1S/C14H14ClN5O/c1-20(7-9-3-5-10(21-2)6-4-9)13-11-12(17-8-16-11)18-14(15)19-13/h3-6,8H,7H2,1-2H3,(H,16,17,18,19)/i1D3. The van der Waals surface area contributed by atoms with Gasteiger partial charge in [0.15, 0.2) is 11.5 Å². The summed E-state index contributed by atoms with van der Waals surface area (Å²) in [5.41, 5.74) is 1.52. The SMILES string of the molecule is [2H]C([2H])([2H])N(Cc1ccc(OC)cc1)c1nc(Cl)nc2nc[nH]c12. The molecule has 0 saturated heterocycles. The molecule has 0 spiro atoms. The number of aromatic nitrogens is 4. The summed E-state index contributed by atoms with van der Waals surface area (Å²) in [7, 11) is 1.57. The van der Waals surface area contributed by atoms with Gasteiger partial charge in [0.25, 0.3) is 0 Å². The number of hydrogen-bond acceptors (Lipinski definition) is 5. The summed E-state index contributed by atoms with van der Waals surface area (Å²) in [5, 5.41) is -0.0615. The minimum absolute atomic E-state index is 0.0615. The number of hydrogen-bond donors (Lipinski definition) is 1. The van der Waals surface area contributed by atoms with Crippen molar-refractivity contribution in [3.63, 3.8) is 0 Å². The number of halogens is 1. The Labute approximate surface area is 131 Å². The summed E-state index contributed by atoms with van der Waals surface area (Å²) in [6, 6.07) is 7.13. The van der Waals surface area contributed by atoms with Crippen LogP contribution in [-0.4, -0.2) is 34.0 Å². The Kier molecular flexibility index (Phi) is 2.76. The lowest BCUT2D eigenvalue weighted by Gasteiger charge is -2.18. The number of aromatic amines is 1. The molecule has 0 radical (unpaired) electrons. The molecule has 0 aliphatic rings. The van der Waals surface area contributed by atoms with E-state index in [0.29, 0.717) is 16.9 Å². The first kappa shape index (κ1) is 10.4. The highest BCUT2D eigenvalue weighted by Gasteiger charge is 2.13. The van der Waals surface area contributed by atoms with Crippen LogP contribution in [0.5, 0.6) is 5.75 Å². The van der Waals surface area contributed by atoms with Gasteiger partial charge in [-0.15, -0.1) is 0 Å². The highest BCUT2D eigenvalue weighted by Crippen LogP contribution is 2.23. The highest BCUT2D eigenvalue weighted by molar-refractivity contribution is 6.28. The Hall–Kier alpha value is -2.34. The Morgan fingerprint density at radius 1 is 1.33 bits per heavy atom. The summed E-state index contributed by atoms with van der Waals surface area (Å²) in [6.07, 6.45) is 1.42. The van der Waals surface area contributed by atoms with E-state index < -0.39 is 6.98 Å². The fourth-order valence-corrected chi connectivity index (χ4v) is 2.14. The molecule has 6 nitrogen and oxygen atoms in total. The molecule has 0 fully saturated rings. The predicted molar refractivity (Wildman–Crippen MR) is 81.8 cm³/mol. The molecular formula is C14H14ClN5O. The van der Waals surface area contributed by atoms with Gasteiger partial charge in [-0.1, -0.05) is 12.1 Å². The van der Waals surface area contributed by atoms with E-state index in [1.54, 1.807) is 31.4 Å². The molecular weight excluding hydrogens is 290 g/mol. The van der Waals surface area contributed by atoms with Gasteiger partial charge in [-0.05, 0) is 29.3 Å². The van der Waals surface area contributed by atoms with Crippen LogP contribution in [0.15, 0.2) is 30.6 Å². The van der Waals surface area contributed by atoms with Crippen molar-refractivity contribution in [3.8, 4) is 5.75 Å². The van der Waals surface area contributed by atoms with Crippen molar-refractivity contribution in [2.24, 2.45) is 0 Å². The van der Waals surface area contributed by atoms with E-state index in [0.717, 1.165) is 5.56 Å². The number of ether oxygens (including phenoxy) is 1. The fourth-order valence-electron chi connectivity index (χ4n) is 1.98. The molecule has 3 rings (SSSR count). The van der Waals surface area contributed by atoms with Gasteiger partial charge in [-0.3, -0.25) is 0 Å². The molecule has 2 heterocycles. The Balaban J connectivity index is 2.04. The van der Waals surface area contributed by atoms with Gasteiger partial charge in [-0.2, -0.15) is 9.97 Å². The van der Waals surface area contributed by atoms with Crippen LogP contribution in [0.2, 0.25) is 5.28 Å². The molecule has 0 unspecified atom stereocenters. The van der Waals surface area contributed by atoms with Crippen molar-refractivity contribution in [2.45, 2.75) is 6.54 Å². The lowest BCUT2D eigenvalue weighted by atomic mass is 10.2. The summed E-state index contributed by atoms with van der Waals surface area (Å²) >= 11 is 5.91. The molecule has 0 saturated carbocycles. The molecule has 2 aromatic heterocycles. The maximum atomic E-state index is 7.85. The molecule has 21 heavy (non-hydrogen) atoms. The number of nitrogens with zero attached hydrogens (tertiary/aromatic N) is 4. The molecule has 3 aromatic rings. The van der Waals surface area contributed by atoms with Crippen molar-refractivity contribution in [1.29, 1.82) is 0 Å². The highest BCUT2D eigenvalue weighted by atomic mass is 35.5. The zero-order valence-electron chi connectivity index (χ0n) is 14.2. The van der Waals surface area contributed by atoms with Crippen molar-refractivity contribution in [1.82, 2.24) is 19.9 Å². The number of nitrogens with one attached hydrogen (secondary N) is 1. The second kappa shape index (κ2) is 5.57. The third kappa shape index (κ3) is 2.75. The van der Waals surface area contributed by atoms with E-state index in [4.69, 9.17) is 20.5 Å². The van der Waals surface area contributed by atoms with Gasteiger partial charge in [-0.25, -0.2) is 4.98 Å². The van der Waals surface area contributed by atoms with Crippen LogP contribution in [0, 0.1) is 0 Å². The van der Waals surface area contributed by atoms with Gasteiger partial charge in [0.05, 0.1) is 13.4 Å². The van der Waals surface area contributed by atoms with Crippen LogP contribution < -0.4 is 9.64 Å². The predicted octanol–water partition coefficient (Wildman–Crippen LogP) is 2.65. The number of rotatable bonds is 4. The molecule has 108 valence electrons. The first-order chi connectivity index (χ1) is 11.4. The van der Waals surface area contributed by atoms with Crippen LogP contribution in [0.3, 0.4) is 0 Å². The Bertz CT molecular complexity index is 850. The summed E-state index contributed by atoms with van der Waals surface area (Å²) in [4.78, 5) is 16.1. The van der Waals surface area contributed by atoms with Crippen LogP contribution in [-0.2, 0) is 6.54 Å². The third-order valence-corrected chi connectivity index (χ3v) is 3.16. The fraction of sp³-hybridized carbons (Fsp3) is 0.214. The second-order valence-electron chi connectivity index (χ2n) is 4.35. The first-order valence-electron chi connectivity index (χ1n) is 7.65. The molecule has 1 aromatic carbocycles. The average Bonchev–Trinajstić information content (AvgIpc) is 2.99. The molecule has 0 amide bonds. The minimum Gasteiger partial charge on any atom is -0.497 e. The minimum atomic E-state index is -2.42. The van der Waals surface area contributed by atoms with Crippen LogP contribution >= 0.6 is 11.6 Å². The molecule has 0 aliphatic heterocycles. The van der Waals surface area contributed by atoms with Crippen LogP contribution in [0.1, 0.15) is 9.68 Å². The second-order valence-corrected chi connectivity index (χ2v) is 4.69. The van der Waals surface area contributed by atoms with Crippen molar-refractivity contribution >= 4 is 28.6 Å². The van der Waals surface area contributed by atoms with Crippen molar-refractivity contribution in [2.75, 3.05) is 19.0 Å². The van der Waals surface area contributed by atoms with Gasteiger partial charge in [0, 0.05) is 17.6 Å². The Morgan fingerprint density at radius 3 is 2.86 bits per heavy atom. The van der Waals surface area contributed by atoms with E-state index in [-0.39, 0.29) is 17.6 Å². The third-order valence-electron chi connectivity index (χ3n) is 2.99. The largest absolute Gasteiger partial charge is 0.497 e. The summed E-state index contributed by atoms with van der Waals surface area (Å²) in [5.74, 6) is 0.874. The van der Waals surface area contributed by atoms with Gasteiger partial charge in [0.1, 0.15) is 11.3 Å². The Morgan fingerprint density at radius 2 is 2.14 bits per heavy atom. The van der Waals surface area contributed by atoms with E-state index in [2.05, 4.69) is 19.9 Å². The smallest absolute Gasteiger partial charge is 0.226 e. The van der Waals surface area contributed by atoms with Crippen LogP contribution in [0.25, 0.3) is 11.2 Å².